The molecule has 6 heteroatoms. The normalized spacial score (nSPS) is 16.3. The Bertz CT molecular complexity index is 697. The molecule has 3 rings (SSSR count). The van der Waals surface area contributed by atoms with Gasteiger partial charge < -0.3 is 15.7 Å². The van der Waals surface area contributed by atoms with E-state index in [0.717, 1.165) is 16.7 Å². The minimum Gasteiger partial charge on any atom is -0.481 e. The van der Waals surface area contributed by atoms with Gasteiger partial charge in [-0.25, -0.2) is 4.98 Å². The number of halogens is 1. The summed E-state index contributed by atoms with van der Waals surface area (Å²) in [6, 6.07) is 7.42. The second-order valence-corrected chi connectivity index (χ2v) is 5.70. The predicted octanol–water partition coefficient (Wildman–Crippen LogP) is 2.77. The second kappa shape index (κ2) is 5.41. The summed E-state index contributed by atoms with van der Waals surface area (Å²) < 4.78 is 0. The lowest BCUT2D eigenvalue weighted by molar-refractivity contribution is -0.142. The Labute approximate surface area is 127 Å². The van der Waals surface area contributed by atoms with E-state index in [9.17, 15) is 4.79 Å². The fourth-order valence-electron chi connectivity index (χ4n) is 2.72. The summed E-state index contributed by atoms with van der Waals surface area (Å²) in [6.07, 6.45) is 1.30. The van der Waals surface area contributed by atoms with Crippen LogP contribution in [-0.2, 0) is 4.79 Å². The highest BCUT2D eigenvalue weighted by molar-refractivity contribution is 6.34. The maximum Gasteiger partial charge on any atom is 0.306 e. The molecule has 1 aliphatic rings. The summed E-state index contributed by atoms with van der Waals surface area (Å²) >= 11 is 6.00. The number of piperidine rings is 1. The van der Waals surface area contributed by atoms with Crippen molar-refractivity contribution in [2.75, 3.05) is 23.7 Å². The molecule has 1 aromatic carbocycles. The van der Waals surface area contributed by atoms with Gasteiger partial charge in [0, 0.05) is 18.5 Å². The van der Waals surface area contributed by atoms with Crippen LogP contribution < -0.4 is 10.6 Å². The van der Waals surface area contributed by atoms with Crippen LogP contribution in [0.4, 0.5) is 11.5 Å². The Morgan fingerprint density at radius 1 is 1.29 bits per heavy atom. The highest BCUT2D eigenvalue weighted by Crippen LogP contribution is 2.30. The molecule has 0 amide bonds. The predicted molar refractivity (Wildman–Crippen MR) is 83.7 cm³/mol. The summed E-state index contributed by atoms with van der Waals surface area (Å²) in [5, 5.41) is 10.4. The lowest BCUT2D eigenvalue weighted by Crippen LogP contribution is -2.36. The third-order valence-electron chi connectivity index (χ3n) is 4.01. The third-order valence-corrected chi connectivity index (χ3v) is 4.34. The lowest BCUT2D eigenvalue weighted by atomic mass is 9.97. The number of rotatable bonds is 2. The average molecular weight is 306 g/mol. The van der Waals surface area contributed by atoms with E-state index >= 15 is 0 Å². The number of nitrogens with zero attached hydrogens (tertiary/aromatic N) is 2. The van der Waals surface area contributed by atoms with Crippen molar-refractivity contribution in [2.24, 2.45) is 5.92 Å². The summed E-state index contributed by atoms with van der Waals surface area (Å²) in [7, 11) is 0. The number of anilines is 2. The average Bonchev–Trinajstić information content (AvgIpc) is 2.51. The maximum atomic E-state index is 11.0. The van der Waals surface area contributed by atoms with Crippen LogP contribution in [0, 0.1) is 5.92 Å². The fourth-order valence-corrected chi connectivity index (χ4v) is 2.89. The van der Waals surface area contributed by atoms with Crippen LogP contribution in [0.2, 0.25) is 5.02 Å². The number of hydrogen-bond donors (Lipinski definition) is 2. The maximum absolute atomic E-state index is 11.0. The highest BCUT2D eigenvalue weighted by Gasteiger charge is 2.25. The molecule has 5 nitrogen and oxygen atoms in total. The Hall–Kier alpha value is -2.01. The molecule has 1 fully saturated rings. The third kappa shape index (κ3) is 2.61. The molecule has 3 N–H and O–H groups in total. The SMILES string of the molecule is Nc1c(Cl)ccc2nc(N3CCC(C(=O)O)CC3)ccc12. The molecule has 1 saturated heterocycles. The van der Waals surface area contributed by atoms with E-state index in [1.54, 1.807) is 6.07 Å². The van der Waals surface area contributed by atoms with Crippen molar-refractivity contribution in [3.63, 3.8) is 0 Å². The molecular weight excluding hydrogens is 290 g/mol. The van der Waals surface area contributed by atoms with Gasteiger partial charge in [0.05, 0.1) is 22.1 Å². The van der Waals surface area contributed by atoms with Crippen LogP contribution in [0.15, 0.2) is 24.3 Å². The lowest BCUT2D eigenvalue weighted by Gasteiger charge is -2.31. The summed E-state index contributed by atoms with van der Waals surface area (Å²) in [5.74, 6) is -0.0900. The van der Waals surface area contributed by atoms with Crippen LogP contribution in [0.3, 0.4) is 0 Å². The van der Waals surface area contributed by atoms with Crippen molar-refractivity contribution >= 4 is 40.0 Å². The van der Waals surface area contributed by atoms with Gasteiger partial charge in [-0.15, -0.1) is 0 Å². The van der Waals surface area contributed by atoms with Crippen LogP contribution in [0.1, 0.15) is 12.8 Å². The molecule has 0 radical (unpaired) electrons. The monoisotopic (exact) mass is 305 g/mol. The molecule has 2 heterocycles. The van der Waals surface area contributed by atoms with Crippen molar-refractivity contribution in [1.82, 2.24) is 4.98 Å². The molecule has 21 heavy (non-hydrogen) atoms. The summed E-state index contributed by atoms with van der Waals surface area (Å²) in [6.45, 7) is 1.41. The number of aliphatic carboxylic acids is 1. The Morgan fingerprint density at radius 2 is 2.00 bits per heavy atom. The number of carboxylic acids is 1. The quantitative estimate of drug-likeness (QED) is 0.834. The van der Waals surface area contributed by atoms with Crippen LogP contribution in [0.25, 0.3) is 10.9 Å². The zero-order chi connectivity index (χ0) is 15.0. The molecule has 1 aliphatic heterocycles. The fraction of sp³-hybridized carbons (Fsp3) is 0.333. The molecule has 0 saturated carbocycles. The molecule has 1 aromatic heterocycles. The Balaban J connectivity index is 1.86. The second-order valence-electron chi connectivity index (χ2n) is 5.30. The number of carbonyl (C=O) groups is 1. The van der Waals surface area contributed by atoms with Gasteiger partial charge >= 0.3 is 5.97 Å². The van der Waals surface area contributed by atoms with E-state index in [1.165, 1.54) is 0 Å². The van der Waals surface area contributed by atoms with Gasteiger partial charge in [-0.1, -0.05) is 11.6 Å². The first-order chi connectivity index (χ1) is 10.1. The standard InChI is InChI=1S/C15H16ClN3O2/c16-11-2-3-12-10(14(11)17)1-4-13(18-12)19-7-5-9(6-8-19)15(20)21/h1-4,9H,5-8,17H2,(H,20,21). The van der Waals surface area contributed by atoms with Gasteiger partial charge in [0.1, 0.15) is 5.82 Å². The number of benzene rings is 1. The first-order valence-electron chi connectivity index (χ1n) is 6.89. The van der Waals surface area contributed by atoms with Crippen LogP contribution in [-0.4, -0.2) is 29.1 Å². The van der Waals surface area contributed by atoms with Crippen molar-refractivity contribution in [2.45, 2.75) is 12.8 Å². The van der Waals surface area contributed by atoms with Crippen molar-refractivity contribution < 1.29 is 9.90 Å². The smallest absolute Gasteiger partial charge is 0.306 e. The minimum atomic E-state index is -0.705. The zero-order valence-electron chi connectivity index (χ0n) is 11.4. The number of nitrogen functional groups attached to an aromatic ring is 1. The molecule has 0 spiro atoms. The zero-order valence-corrected chi connectivity index (χ0v) is 12.2. The number of pyridine rings is 1. The van der Waals surface area contributed by atoms with E-state index in [1.807, 2.05) is 18.2 Å². The first-order valence-corrected chi connectivity index (χ1v) is 7.26. The number of fused-ring (bicyclic) bond motifs is 1. The molecule has 0 aliphatic carbocycles. The van der Waals surface area contributed by atoms with Gasteiger partial charge in [-0.05, 0) is 37.1 Å². The van der Waals surface area contributed by atoms with Crippen molar-refractivity contribution in [3.05, 3.63) is 29.3 Å². The molecule has 0 unspecified atom stereocenters. The van der Waals surface area contributed by atoms with Gasteiger partial charge in [0.25, 0.3) is 0 Å². The molecule has 0 bridgehead atoms. The molecule has 0 atom stereocenters. The number of carboxylic acid groups (broad SMARTS) is 1. The van der Waals surface area contributed by atoms with Gasteiger partial charge in [0.2, 0.25) is 0 Å². The highest BCUT2D eigenvalue weighted by atomic mass is 35.5. The van der Waals surface area contributed by atoms with Crippen LogP contribution >= 0.6 is 11.6 Å². The van der Waals surface area contributed by atoms with Crippen molar-refractivity contribution in [3.8, 4) is 0 Å². The first kappa shape index (κ1) is 13.9. The Morgan fingerprint density at radius 3 is 2.67 bits per heavy atom. The topological polar surface area (TPSA) is 79.5 Å². The van der Waals surface area contributed by atoms with E-state index < -0.39 is 5.97 Å². The largest absolute Gasteiger partial charge is 0.481 e. The summed E-state index contributed by atoms with van der Waals surface area (Å²) in [4.78, 5) is 17.7. The number of aromatic nitrogens is 1. The van der Waals surface area contributed by atoms with E-state index in [-0.39, 0.29) is 5.92 Å². The van der Waals surface area contributed by atoms with Gasteiger partial charge in [-0.3, -0.25) is 4.79 Å². The Kier molecular flexibility index (Phi) is 3.59. The molecular formula is C15H16ClN3O2. The molecule has 110 valence electrons. The van der Waals surface area contributed by atoms with Gasteiger partial charge in [0.15, 0.2) is 0 Å². The van der Waals surface area contributed by atoms with E-state index in [2.05, 4.69) is 9.88 Å². The minimum absolute atomic E-state index is 0.240. The number of nitrogens with two attached hydrogens (primary N) is 1. The summed E-state index contributed by atoms with van der Waals surface area (Å²) in [5.41, 5.74) is 7.29. The van der Waals surface area contributed by atoms with Gasteiger partial charge in [-0.2, -0.15) is 0 Å². The molecule has 2 aromatic rings. The van der Waals surface area contributed by atoms with Crippen LogP contribution in [0.5, 0.6) is 0 Å². The number of hydrogen-bond acceptors (Lipinski definition) is 4. The van der Waals surface area contributed by atoms with Crippen molar-refractivity contribution in [1.29, 1.82) is 0 Å². The van der Waals surface area contributed by atoms with E-state index in [4.69, 9.17) is 22.4 Å². The van der Waals surface area contributed by atoms with E-state index in [0.29, 0.717) is 36.6 Å².